The Labute approximate surface area is 212 Å². The van der Waals surface area contributed by atoms with Gasteiger partial charge in [-0.2, -0.15) is 0 Å². The molecule has 1 aromatic rings. The Balaban J connectivity index is 1.08. The van der Waals surface area contributed by atoms with Crippen molar-refractivity contribution in [2.24, 2.45) is 28.6 Å². The predicted molar refractivity (Wildman–Crippen MR) is 138 cm³/mol. The van der Waals surface area contributed by atoms with Gasteiger partial charge in [-0.3, -0.25) is 0 Å². The summed E-state index contributed by atoms with van der Waals surface area (Å²) in [5, 5.41) is 15.8. The van der Waals surface area contributed by atoms with Crippen LogP contribution in [-0.4, -0.2) is 61.0 Å². The van der Waals surface area contributed by atoms with Gasteiger partial charge in [0.25, 0.3) is 0 Å². The van der Waals surface area contributed by atoms with Gasteiger partial charge >= 0.3 is 0 Å². The summed E-state index contributed by atoms with van der Waals surface area (Å²) in [5.41, 5.74) is 1.13. The quantitative estimate of drug-likeness (QED) is 0.544. The Morgan fingerprint density at radius 2 is 1.91 bits per heavy atom. The Kier molecular flexibility index (Phi) is 6.61. The third-order valence-corrected chi connectivity index (χ3v) is 11.9. The minimum absolute atomic E-state index is 0.0219. The lowest BCUT2D eigenvalue weighted by Gasteiger charge is -2.63. The van der Waals surface area contributed by atoms with Crippen LogP contribution < -0.4 is 5.32 Å². The molecule has 0 radical (unpaired) electrons. The molecule has 5 nitrogen and oxygen atoms in total. The molecule has 2 N–H and O–H groups in total. The molecular weight excluding hydrogens is 436 g/mol. The van der Waals surface area contributed by atoms with Crippen LogP contribution in [-0.2, 0) is 4.74 Å². The maximum Gasteiger partial charge on any atom is 0.0937 e. The molecule has 1 aliphatic heterocycles. The number of aliphatic hydroxyl groups is 1. The number of hydrogen-bond acceptors (Lipinski definition) is 5. The van der Waals surface area contributed by atoms with E-state index in [9.17, 15) is 5.11 Å². The molecule has 196 valence electrons. The van der Waals surface area contributed by atoms with Crippen molar-refractivity contribution in [1.82, 2.24) is 10.2 Å². The van der Waals surface area contributed by atoms with Gasteiger partial charge in [0, 0.05) is 44.7 Å². The van der Waals surface area contributed by atoms with Crippen molar-refractivity contribution in [3.05, 3.63) is 24.2 Å². The zero-order valence-electron chi connectivity index (χ0n) is 22.1. The van der Waals surface area contributed by atoms with Crippen molar-refractivity contribution in [2.45, 2.75) is 95.7 Å². The lowest BCUT2D eigenvalue weighted by atomic mass is 9.43. The van der Waals surface area contributed by atoms with Crippen LogP contribution in [0.15, 0.2) is 23.0 Å². The van der Waals surface area contributed by atoms with Crippen LogP contribution in [0.4, 0.5) is 0 Å². The molecule has 5 aliphatic rings. The second kappa shape index (κ2) is 9.45. The number of piperazine rings is 1. The minimum Gasteiger partial charge on any atom is -0.472 e. The average Bonchev–Trinajstić information content (AvgIpc) is 3.48. The van der Waals surface area contributed by atoms with Crippen molar-refractivity contribution >= 4 is 0 Å². The number of fused-ring (bicyclic) bond motifs is 5. The molecule has 0 bridgehead atoms. The molecule has 8 atom stereocenters. The smallest absolute Gasteiger partial charge is 0.0937 e. The fourth-order valence-corrected chi connectivity index (χ4v) is 9.82. The Morgan fingerprint density at radius 1 is 1.06 bits per heavy atom. The number of ether oxygens (including phenoxy) is 1. The van der Waals surface area contributed by atoms with Gasteiger partial charge in [0.1, 0.15) is 0 Å². The standard InChI is InChI=1S/C30H48N2O3/c1-28-10-6-24(35-18-3-15-32-16-13-31-14-17-32)20-23(28)4-5-27-26(28)7-11-29(2)25(8-12-30(27,29)33)22-9-19-34-21-22/h9,19,21,23-27,31,33H,3-8,10-18,20H2,1-2H3/t23-,24+,25-,26+,27-,28+,29-,30+/m1/s1. The molecule has 6 rings (SSSR count). The summed E-state index contributed by atoms with van der Waals surface area (Å²) in [5.74, 6) is 2.31. The van der Waals surface area contributed by atoms with E-state index >= 15 is 0 Å². The first-order valence-corrected chi connectivity index (χ1v) is 14.7. The summed E-state index contributed by atoms with van der Waals surface area (Å²) in [6.45, 7) is 11.7. The number of nitrogens with zero attached hydrogens (tertiary/aromatic N) is 1. The van der Waals surface area contributed by atoms with Gasteiger partial charge in [-0.15, -0.1) is 0 Å². The Morgan fingerprint density at radius 3 is 2.71 bits per heavy atom. The summed E-state index contributed by atoms with van der Waals surface area (Å²) in [4.78, 5) is 2.57. The maximum atomic E-state index is 12.4. The van der Waals surface area contributed by atoms with Crippen LogP contribution in [0.25, 0.3) is 0 Å². The first kappa shape index (κ1) is 24.5. The maximum absolute atomic E-state index is 12.4. The normalized spacial score (nSPS) is 46.1. The average molecular weight is 485 g/mol. The summed E-state index contributed by atoms with van der Waals surface area (Å²) >= 11 is 0. The lowest BCUT2D eigenvalue weighted by molar-refractivity contribution is -0.207. The summed E-state index contributed by atoms with van der Waals surface area (Å²) in [7, 11) is 0. The van der Waals surface area contributed by atoms with Gasteiger partial charge < -0.3 is 24.5 Å². The first-order valence-electron chi connectivity index (χ1n) is 14.7. The van der Waals surface area contributed by atoms with E-state index in [4.69, 9.17) is 9.15 Å². The third-order valence-electron chi connectivity index (χ3n) is 11.9. The van der Waals surface area contributed by atoms with Gasteiger partial charge in [-0.05, 0) is 105 Å². The first-order chi connectivity index (χ1) is 16.9. The second-order valence-corrected chi connectivity index (χ2v) is 13.2. The van der Waals surface area contributed by atoms with Gasteiger partial charge in [0.15, 0.2) is 0 Å². The number of furan rings is 1. The van der Waals surface area contributed by atoms with E-state index < -0.39 is 5.60 Å². The highest BCUT2D eigenvalue weighted by Crippen LogP contribution is 2.70. The zero-order chi connectivity index (χ0) is 24.1. The monoisotopic (exact) mass is 484 g/mol. The molecule has 5 heteroatoms. The van der Waals surface area contributed by atoms with Crippen molar-refractivity contribution in [1.29, 1.82) is 0 Å². The Bertz CT molecular complexity index is 854. The van der Waals surface area contributed by atoms with Crippen molar-refractivity contribution in [2.75, 3.05) is 39.3 Å². The van der Waals surface area contributed by atoms with Crippen LogP contribution in [0, 0.1) is 28.6 Å². The third kappa shape index (κ3) is 4.04. The molecular formula is C30H48N2O3. The molecule has 4 saturated carbocycles. The van der Waals surface area contributed by atoms with E-state index in [1.54, 1.807) is 6.26 Å². The molecule has 2 heterocycles. The van der Waals surface area contributed by atoms with Crippen LogP contribution >= 0.6 is 0 Å². The summed E-state index contributed by atoms with van der Waals surface area (Å²) < 4.78 is 11.9. The zero-order valence-corrected chi connectivity index (χ0v) is 22.1. The predicted octanol–water partition coefficient (Wildman–Crippen LogP) is 5.20. The highest BCUT2D eigenvalue weighted by molar-refractivity contribution is 5.26. The van der Waals surface area contributed by atoms with Crippen LogP contribution in [0.2, 0.25) is 0 Å². The Hall–Kier alpha value is -0.880. The fourth-order valence-electron chi connectivity index (χ4n) is 9.82. The molecule has 0 spiro atoms. The minimum atomic E-state index is -0.525. The van der Waals surface area contributed by atoms with Gasteiger partial charge in [-0.1, -0.05) is 13.8 Å². The fraction of sp³-hybridized carbons (Fsp3) is 0.867. The highest BCUT2D eigenvalue weighted by atomic mass is 16.5. The molecule has 0 aromatic carbocycles. The lowest BCUT2D eigenvalue weighted by Crippen LogP contribution is -2.62. The molecule has 0 amide bonds. The van der Waals surface area contributed by atoms with Gasteiger partial charge in [-0.25, -0.2) is 0 Å². The van der Waals surface area contributed by atoms with Gasteiger partial charge in [0.05, 0.1) is 24.2 Å². The number of nitrogens with one attached hydrogen (secondary N) is 1. The molecule has 35 heavy (non-hydrogen) atoms. The number of hydrogen-bond donors (Lipinski definition) is 2. The van der Waals surface area contributed by atoms with Crippen LogP contribution in [0.5, 0.6) is 0 Å². The summed E-state index contributed by atoms with van der Waals surface area (Å²) in [6.07, 6.45) is 16.0. The van der Waals surface area contributed by atoms with E-state index in [-0.39, 0.29) is 5.41 Å². The van der Waals surface area contributed by atoms with Crippen molar-refractivity contribution < 1.29 is 14.3 Å². The van der Waals surface area contributed by atoms with E-state index in [2.05, 4.69) is 30.1 Å². The second-order valence-electron chi connectivity index (χ2n) is 13.2. The SMILES string of the molecule is C[C@]12CC[C@H](OCCCN3CCNCC3)C[C@H]1CC[C@@H]1[C@@H]2CC[C@]2(C)[C@@H](c3ccoc3)CC[C@]12O. The van der Waals surface area contributed by atoms with Crippen LogP contribution in [0.3, 0.4) is 0 Å². The molecule has 5 fully saturated rings. The number of rotatable bonds is 6. The molecule has 4 aliphatic carbocycles. The van der Waals surface area contributed by atoms with Crippen LogP contribution in [0.1, 0.15) is 89.5 Å². The largest absolute Gasteiger partial charge is 0.472 e. The van der Waals surface area contributed by atoms with E-state index in [0.29, 0.717) is 29.3 Å². The molecule has 1 saturated heterocycles. The summed E-state index contributed by atoms with van der Waals surface area (Å²) in [6, 6.07) is 2.14. The highest BCUT2D eigenvalue weighted by Gasteiger charge is 2.67. The van der Waals surface area contributed by atoms with Gasteiger partial charge in [0.2, 0.25) is 0 Å². The topological polar surface area (TPSA) is 57.9 Å². The van der Waals surface area contributed by atoms with Crippen molar-refractivity contribution in [3.63, 3.8) is 0 Å². The van der Waals surface area contributed by atoms with Crippen molar-refractivity contribution in [3.8, 4) is 0 Å². The molecule has 0 unspecified atom stereocenters. The van der Waals surface area contributed by atoms with E-state index in [1.807, 2.05) is 6.26 Å². The van der Waals surface area contributed by atoms with E-state index in [0.717, 1.165) is 51.3 Å². The molecule has 1 aromatic heterocycles. The van der Waals surface area contributed by atoms with E-state index in [1.165, 1.54) is 63.7 Å².